The molecular formula is C12H12N2O3S. The van der Waals surface area contributed by atoms with Crippen LogP contribution in [0, 0.1) is 6.92 Å². The van der Waals surface area contributed by atoms with Crippen molar-refractivity contribution in [2.45, 2.75) is 13.3 Å². The van der Waals surface area contributed by atoms with E-state index in [1.807, 2.05) is 37.3 Å². The third kappa shape index (κ3) is 1.78. The van der Waals surface area contributed by atoms with Crippen molar-refractivity contribution in [3.63, 3.8) is 0 Å². The molecule has 0 N–H and O–H groups in total. The van der Waals surface area contributed by atoms with Crippen LogP contribution in [0.2, 0.25) is 0 Å². The van der Waals surface area contributed by atoms with Crippen molar-refractivity contribution in [3.8, 4) is 11.6 Å². The molecule has 0 fully saturated rings. The fraction of sp³-hybridized carbons (Fsp3) is 0.250. The third-order valence-electron chi connectivity index (χ3n) is 2.95. The van der Waals surface area contributed by atoms with Gasteiger partial charge in [0, 0.05) is 5.56 Å². The summed E-state index contributed by atoms with van der Waals surface area (Å²) >= 11 is 0. The molecule has 0 saturated heterocycles. The molecule has 3 rings (SSSR count). The first kappa shape index (κ1) is 11.3. The van der Waals surface area contributed by atoms with E-state index in [-0.39, 0.29) is 5.75 Å². The van der Waals surface area contributed by atoms with E-state index in [0.29, 0.717) is 12.3 Å². The highest BCUT2D eigenvalue weighted by Gasteiger charge is 2.29. The van der Waals surface area contributed by atoms with E-state index in [1.54, 1.807) is 4.68 Å². The maximum Gasteiger partial charge on any atom is 0.311 e. The summed E-state index contributed by atoms with van der Waals surface area (Å²) in [5.74, 6) is 0.339. The predicted octanol–water partition coefficient (Wildman–Crippen LogP) is 1.45. The molecule has 2 heterocycles. The predicted molar refractivity (Wildman–Crippen MR) is 66.4 cm³/mol. The second-order valence-electron chi connectivity index (χ2n) is 4.21. The van der Waals surface area contributed by atoms with Crippen molar-refractivity contribution in [3.05, 3.63) is 41.6 Å². The van der Waals surface area contributed by atoms with E-state index < -0.39 is 10.1 Å². The third-order valence-corrected chi connectivity index (χ3v) is 4.06. The second kappa shape index (κ2) is 3.84. The first-order chi connectivity index (χ1) is 8.57. The molecule has 0 unspecified atom stereocenters. The summed E-state index contributed by atoms with van der Waals surface area (Å²) in [4.78, 5) is 0. The van der Waals surface area contributed by atoms with E-state index in [1.165, 1.54) is 0 Å². The van der Waals surface area contributed by atoms with E-state index in [9.17, 15) is 8.42 Å². The Kier molecular flexibility index (Phi) is 2.41. The van der Waals surface area contributed by atoms with Gasteiger partial charge in [-0.25, -0.2) is 0 Å². The molecule has 0 spiro atoms. The Bertz CT molecular complexity index is 690. The molecule has 0 atom stereocenters. The lowest BCUT2D eigenvalue weighted by atomic mass is 10.2. The van der Waals surface area contributed by atoms with Crippen LogP contribution in [0.25, 0.3) is 5.69 Å². The molecule has 0 amide bonds. The summed E-state index contributed by atoms with van der Waals surface area (Å²) in [7, 11) is -3.47. The van der Waals surface area contributed by atoms with Crippen molar-refractivity contribution < 1.29 is 12.6 Å². The van der Waals surface area contributed by atoms with Gasteiger partial charge in [0.15, 0.2) is 0 Å². The smallest absolute Gasteiger partial charge is 0.311 e. The van der Waals surface area contributed by atoms with E-state index in [4.69, 9.17) is 4.18 Å². The van der Waals surface area contributed by atoms with Crippen molar-refractivity contribution in [1.29, 1.82) is 0 Å². The lowest BCUT2D eigenvalue weighted by Gasteiger charge is -2.15. The fourth-order valence-corrected chi connectivity index (χ4v) is 2.99. The summed E-state index contributed by atoms with van der Waals surface area (Å²) in [6.45, 7) is 1.86. The lowest BCUT2D eigenvalue weighted by molar-refractivity contribution is 0.452. The number of benzene rings is 1. The van der Waals surface area contributed by atoms with Crippen LogP contribution in [0.3, 0.4) is 0 Å². The molecule has 0 bridgehead atoms. The van der Waals surface area contributed by atoms with Gasteiger partial charge in [-0.1, -0.05) is 18.2 Å². The van der Waals surface area contributed by atoms with Crippen molar-refractivity contribution in [2.75, 3.05) is 5.75 Å². The summed E-state index contributed by atoms with van der Waals surface area (Å²) in [6.07, 6.45) is 0.455. The van der Waals surface area contributed by atoms with Crippen LogP contribution in [0.5, 0.6) is 5.88 Å². The van der Waals surface area contributed by atoms with Crippen molar-refractivity contribution in [1.82, 2.24) is 9.78 Å². The van der Waals surface area contributed by atoms with E-state index in [2.05, 4.69) is 5.10 Å². The number of fused-ring (bicyclic) bond motifs is 1. The van der Waals surface area contributed by atoms with Gasteiger partial charge in [-0.2, -0.15) is 18.2 Å². The van der Waals surface area contributed by atoms with Crippen LogP contribution in [-0.2, 0) is 16.5 Å². The van der Waals surface area contributed by atoms with Gasteiger partial charge in [-0.3, -0.25) is 0 Å². The molecule has 1 aliphatic rings. The zero-order valence-corrected chi connectivity index (χ0v) is 10.6. The summed E-state index contributed by atoms with van der Waals surface area (Å²) in [5.41, 5.74) is 2.47. The number of nitrogens with zero attached hydrogens (tertiary/aromatic N) is 2. The number of aromatic nitrogens is 2. The Labute approximate surface area is 105 Å². The van der Waals surface area contributed by atoms with Gasteiger partial charge in [-0.15, -0.1) is 0 Å². The zero-order valence-electron chi connectivity index (χ0n) is 9.83. The lowest BCUT2D eigenvalue weighted by Crippen LogP contribution is -2.22. The SMILES string of the molecule is Cc1nn(-c2ccccc2)c2c1CCS(=O)(=O)O2. The molecule has 0 radical (unpaired) electrons. The van der Waals surface area contributed by atoms with Crippen molar-refractivity contribution in [2.24, 2.45) is 0 Å². The monoisotopic (exact) mass is 264 g/mol. The van der Waals surface area contributed by atoms with Crippen LogP contribution >= 0.6 is 0 Å². The Morgan fingerprint density at radius 1 is 1.28 bits per heavy atom. The maximum absolute atomic E-state index is 11.5. The Morgan fingerprint density at radius 3 is 2.72 bits per heavy atom. The highest BCUT2D eigenvalue weighted by molar-refractivity contribution is 7.87. The number of hydrogen-bond acceptors (Lipinski definition) is 4. The molecule has 1 aromatic carbocycles. The maximum atomic E-state index is 11.5. The molecular weight excluding hydrogens is 252 g/mol. The van der Waals surface area contributed by atoms with E-state index >= 15 is 0 Å². The molecule has 2 aromatic rings. The molecule has 1 aliphatic heterocycles. The first-order valence-corrected chi connectivity index (χ1v) is 7.21. The summed E-state index contributed by atoms with van der Waals surface area (Å²) in [6, 6.07) is 9.35. The van der Waals surface area contributed by atoms with Gasteiger partial charge in [0.25, 0.3) is 0 Å². The fourth-order valence-electron chi connectivity index (χ4n) is 2.04. The first-order valence-electron chi connectivity index (χ1n) is 5.63. The molecule has 94 valence electrons. The number of hydrogen-bond donors (Lipinski definition) is 0. The minimum atomic E-state index is -3.47. The molecule has 18 heavy (non-hydrogen) atoms. The van der Waals surface area contributed by atoms with Crippen LogP contribution in [0.4, 0.5) is 0 Å². The van der Waals surface area contributed by atoms with Crippen LogP contribution < -0.4 is 4.18 Å². The zero-order chi connectivity index (χ0) is 12.8. The van der Waals surface area contributed by atoms with Crippen LogP contribution in [-0.4, -0.2) is 24.0 Å². The van der Waals surface area contributed by atoms with Gasteiger partial charge in [0.2, 0.25) is 5.88 Å². The Balaban J connectivity index is 2.19. The van der Waals surface area contributed by atoms with E-state index in [0.717, 1.165) is 16.9 Å². The topological polar surface area (TPSA) is 61.2 Å². The van der Waals surface area contributed by atoms with Gasteiger partial charge in [-0.05, 0) is 25.5 Å². The molecule has 1 aromatic heterocycles. The summed E-state index contributed by atoms with van der Waals surface area (Å²) in [5, 5.41) is 4.36. The molecule has 5 nitrogen and oxygen atoms in total. The highest BCUT2D eigenvalue weighted by atomic mass is 32.2. The molecule has 6 heteroatoms. The minimum absolute atomic E-state index is 0.0152. The number of aryl methyl sites for hydroxylation is 1. The standard InChI is InChI=1S/C12H12N2O3S/c1-9-11-7-8-18(15,16)17-12(11)14(13-9)10-5-3-2-4-6-10/h2-6H,7-8H2,1H3. The Morgan fingerprint density at radius 2 is 2.00 bits per heavy atom. The van der Waals surface area contributed by atoms with Gasteiger partial charge in [0.1, 0.15) is 0 Å². The highest BCUT2D eigenvalue weighted by Crippen LogP contribution is 2.31. The molecule has 0 aliphatic carbocycles. The van der Waals surface area contributed by atoms with Crippen molar-refractivity contribution >= 4 is 10.1 Å². The number of para-hydroxylation sites is 1. The average molecular weight is 264 g/mol. The molecule has 0 saturated carbocycles. The van der Waals surface area contributed by atoms with Gasteiger partial charge in [0.05, 0.1) is 17.1 Å². The normalized spacial score (nSPS) is 16.9. The Hall–Kier alpha value is -1.82. The van der Waals surface area contributed by atoms with Gasteiger partial charge < -0.3 is 4.18 Å². The number of rotatable bonds is 1. The van der Waals surface area contributed by atoms with Crippen LogP contribution in [0.15, 0.2) is 30.3 Å². The second-order valence-corrected chi connectivity index (χ2v) is 5.90. The summed E-state index contributed by atoms with van der Waals surface area (Å²) < 4.78 is 29.7. The average Bonchev–Trinajstić information content (AvgIpc) is 2.66. The van der Waals surface area contributed by atoms with Gasteiger partial charge >= 0.3 is 10.1 Å². The largest absolute Gasteiger partial charge is 0.361 e. The van der Waals surface area contributed by atoms with Crippen LogP contribution in [0.1, 0.15) is 11.3 Å². The minimum Gasteiger partial charge on any atom is -0.361 e. The quantitative estimate of drug-likeness (QED) is 0.731.